The molecule has 0 saturated carbocycles. The van der Waals surface area contributed by atoms with Gasteiger partial charge in [0.25, 0.3) is 0 Å². The largest absolute Gasteiger partial charge is 0.595 e. The highest BCUT2D eigenvalue weighted by atomic mass is 32.2. The molecule has 0 aliphatic heterocycles. The number of nitrogens with one attached hydrogen (secondary N) is 1. The zero-order chi connectivity index (χ0) is 15.0. The fourth-order valence-electron chi connectivity index (χ4n) is 1.95. The second-order valence-electron chi connectivity index (χ2n) is 4.46. The van der Waals surface area contributed by atoms with Crippen molar-refractivity contribution < 1.29 is 19.3 Å². The highest BCUT2D eigenvalue weighted by Crippen LogP contribution is 2.26. The van der Waals surface area contributed by atoms with Crippen molar-refractivity contribution in [2.45, 2.75) is 16.7 Å². The van der Waals surface area contributed by atoms with Crippen molar-refractivity contribution in [3.63, 3.8) is 0 Å². The van der Waals surface area contributed by atoms with Gasteiger partial charge in [-0.1, -0.05) is 17.7 Å². The summed E-state index contributed by atoms with van der Waals surface area (Å²) in [5.41, 5.74) is 1.33. The van der Waals surface area contributed by atoms with Crippen molar-refractivity contribution >= 4 is 27.5 Å². The molecule has 0 bridgehead atoms. The summed E-state index contributed by atoms with van der Waals surface area (Å²) in [5, 5.41) is 26.3. The molecule has 0 amide bonds. The first-order chi connectivity index (χ1) is 10.1. The molecule has 21 heavy (non-hydrogen) atoms. The predicted octanol–water partition coefficient (Wildman–Crippen LogP) is 1.10. The Balaban J connectivity index is 2.13. The van der Waals surface area contributed by atoms with Crippen LogP contribution in [0.2, 0.25) is 0 Å². The summed E-state index contributed by atoms with van der Waals surface area (Å²) in [7, 11) is -1.48. The van der Waals surface area contributed by atoms with Gasteiger partial charge in [-0.3, -0.25) is 0 Å². The minimum atomic E-state index is -1.48. The van der Waals surface area contributed by atoms with E-state index < -0.39 is 16.0 Å². The van der Waals surface area contributed by atoms with Gasteiger partial charge in [0.15, 0.2) is 16.7 Å². The molecule has 0 aliphatic rings. The number of aryl methyl sites for hydroxylation is 1. The van der Waals surface area contributed by atoms with Crippen molar-refractivity contribution in [3.05, 3.63) is 47.2 Å². The van der Waals surface area contributed by atoms with Gasteiger partial charge in [0, 0.05) is 11.0 Å². The molecule has 0 radical (unpaired) electrons. The molecule has 7 nitrogen and oxygen atoms in total. The predicted molar refractivity (Wildman–Crippen MR) is 73.4 cm³/mol. The van der Waals surface area contributed by atoms with Gasteiger partial charge in [0.1, 0.15) is 0 Å². The summed E-state index contributed by atoms with van der Waals surface area (Å²) in [5.74, 6) is 0. The van der Waals surface area contributed by atoms with E-state index in [0.717, 1.165) is 5.56 Å². The summed E-state index contributed by atoms with van der Waals surface area (Å²) >= 11 is 0. The van der Waals surface area contributed by atoms with Gasteiger partial charge >= 0.3 is 0 Å². The summed E-state index contributed by atoms with van der Waals surface area (Å²) in [4.78, 5) is 0.980. The molecule has 0 fully saturated rings. The highest BCUT2D eigenvalue weighted by Gasteiger charge is 2.20. The minimum absolute atomic E-state index is 0.0316. The Morgan fingerprint density at radius 1 is 1.14 bits per heavy atom. The number of benzene rings is 2. The summed E-state index contributed by atoms with van der Waals surface area (Å²) < 4.78 is 17.2. The zero-order valence-corrected chi connectivity index (χ0v) is 11.8. The molecule has 3 rings (SSSR count). The van der Waals surface area contributed by atoms with E-state index in [1.165, 1.54) is 12.1 Å². The Labute approximate surface area is 121 Å². The summed E-state index contributed by atoms with van der Waals surface area (Å²) in [6, 6.07) is 10.1. The lowest BCUT2D eigenvalue weighted by molar-refractivity contribution is -0.990. The quantitative estimate of drug-likeness (QED) is 0.702. The Hall–Kier alpha value is -2.13. The maximum Gasteiger partial charge on any atom is 0.200 e. The van der Waals surface area contributed by atoms with Gasteiger partial charge in [-0.05, 0) is 35.4 Å². The van der Waals surface area contributed by atoms with Gasteiger partial charge in [0.2, 0.25) is 0 Å². The van der Waals surface area contributed by atoms with Crippen molar-refractivity contribution in [3.8, 4) is 0 Å². The van der Waals surface area contributed by atoms with Crippen LogP contribution in [-0.2, 0) is 10.8 Å². The third kappa shape index (κ3) is 2.45. The Kier molecular flexibility index (Phi) is 3.52. The first-order valence-corrected chi connectivity index (χ1v) is 7.20. The van der Waals surface area contributed by atoms with Gasteiger partial charge in [0.05, 0.1) is 15.7 Å². The lowest BCUT2D eigenvalue weighted by atomic mass is 10.2. The second kappa shape index (κ2) is 5.34. The number of fused-ring (bicyclic) bond motifs is 1. The van der Waals surface area contributed by atoms with E-state index in [9.17, 15) is 9.42 Å². The SMILES string of the molecule is Cc1ccc(S(=O)c2ccc([NH+]([O-])O)c3nonc23)cc1. The molecule has 2 N–H and O–H groups in total. The van der Waals surface area contributed by atoms with E-state index in [1.54, 1.807) is 12.1 Å². The topological polar surface area (TPSA) is 104 Å². The van der Waals surface area contributed by atoms with Gasteiger partial charge < -0.3 is 5.21 Å². The lowest BCUT2D eigenvalue weighted by Crippen LogP contribution is -2.99. The van der Waals surface area contributed by atoms with Crippen LogP contribution >= 0.6 is 0 Å². The fourth-order valence-corrected chi connectivity index (χ4v) is 3.09. The van der Waals surface area contributed by atoms with E-state index in [2.05, 4.69) is 14.9 Å². The first kappa shape index (κ1) is 13.8. The fraction of sp³-hybridized carbons (Fsp3) is 0.0769. The zero-order valence-electron chi connectivity index (χ0n) is 10.9. The van der Waals surface area contributed by atoms with Gasteiger partial charge in [-0.25, -0.2) is 14.0 Å². The molecular weight excluding hydrogens is 294 g/mol. The number of rotatable bonds is 3. The van der Waals surface area contributed by atoms with Crippen LogP contribution in [0.4, 0.5) is 5.69 Å². The van der Waals surface area contributed by atoms with Crippen LogP contribution < -0.4 is 5.23 Å². The Bertz CT molecular complexity index is 814. The molecule has 2 aromatic carbocycles. The molecule has 0 saturated heterocycles. The third-order valence-corrected chi connectivity index (χ3v) is 4.47. The van der Waals surface area contributed by atoms with Crippen LogP contribution in [0, 0.1) is 12.1 Å². The van der Waals surface area contributed by atoms with Crippen LogP contribution in [0.5, 0.6) is 0 Å². The maximum atomic E-state index is 12.6. The van der Waals surface area contributed by atoms with Crippen molar-refractivity contribution in [2.75, 3.05) is 0 Å². The Morgan fingerprint density at radius 3 is 2.48 bits per heavy atom. The molecule has 0 aliphatic carbocycles. The number of nitrogens with zero attached hydrogens (tertiary/aromatic N) is 2. The maximum absolute atomic E-state index is 12.6. The molecule has 1 heterocycles. The number of quaternary nitrogens is 1. The first-order valence-electron chi connectivity index (χ1n) is 6.05. The smallest absolute Gasteiger partial charge is 0.200 e. The number of aromatic nitrogens is 2. The van der Waals surface area contributed by atoms with Crippen molar-refractivity contribution in [1.29, 1.82) is 0 Å². The van der Waals surface area contributed by atoms with Gasteiger partial charge in [-0.2, -0.15) is 5.23 Å². The van der Waals surface area contributed by atoms with E-state index in [1.807, 2.05) is 19.1 Å². The van der Waals surface area contributed by atoms with Crippen LogP contribution in [0.1, 0.15) is 5.56 Å². The average Bonchev–Trinajstić information content (AvgIpc) is 2.95. The molecule has 2 unspecified atom stereocenters. The van der Waals surface area contributed by atoms with E-state index in [-0.39, 0.29) is 16.7 Å². The third-order valence-electron chi connectivity index (χ3n) is 3.04. The summed E-state index contributed by atoms with van der Waals surface area (Å²) in [6.45, 7) is 1.94. The highest BCUT2D eigenvalue weighted by molar-refractivity contribution is 7.85. The molecule has 0 spiro atoms. The second-order valence-corrected chi connectivity index (χ2v) is 5.91. The molecular formula is C13H11N3O4S. The molecule has 1 aromatic heterocycles. The normalized spacial score (nSPS) is 14.2. The van der Waals surface area contributed by atoms with Crippen LogP contribution in [0.25, 0.3) is 11.0 Å². The standard InChI is InChI=1S/C13H11N3O4S/c1-8-2-4-9(5-3-8)21(19)11-7-6-10(16(17)18)12-13(11)15-20-14-12/h2-7,16-17H,1H3. The molecule has 2 atom stereocenters. The van der Waals surface area contributed by atoms with Gasteiger partial charge in [-0.15, -0.1) is 0 Å². The molecule has 3 aromatic rings. The van der Waals surface area contributed by atoms with E-state index in [4.69, 9.17) is 5.21 Å². The lowest BCUT2D eigenvalue weighted by Gasteiger charge is -2.11. The van der Waals surface area contributed by atoms with Crippen LogP contribution in [0.3, 0.4) is 0 Å². The van der Waals surface area contributed by atoms with Crippen LogP contribution in [-0.4, -0.2) is 19.7 Å². The molecule has 8 heteroatoms. The van der Waals surface area contributed by atoms with Crippen molar-refractivity contribution in [2.24, 2.45) is 0 Å². The van der Waals surface area contributed by atoms with Crippen LogP contribution in [0.15, 0.2) is 50.8 Å². The number of hydrogen-bond donors (Lipinski definition) is 2. The summed E-state index contributed by atoms with van der Waals surface area (Å²) in [6.07, 6.45) is 0. The minimum Gasteiger partial charge on any atom is -0.595 e. The number of hydrogen-bond acceptors (Lipinski definition) is 6. The average molecular weight is 305 g/mol. The van der Waals surface area contributed by atoms with E-state index in [0.29, 0.717) is 9.79 Å². The Morgan fingerprint density at radius 2 is 1.81 bits per heavy atom. The van der Waals surface area contributed by atoms with E-state index >= 15 is 0 Å². The molecule has 108 valence electrons. The van der Waals surface area contributed by atoms with Crippen molar-refractivity contribution in [1.82, 2.24) is 10.3 Å². The monoisotopic (exact) mass is 305 g/mol.